The third-order valence-corrected chi connectivity index (χ3v) is 3.76. The van der Waals surface area contributed by atoms with Gasteiger partial charge in [-0.3, -0.25) is 4.90 Å². The van der Waals surface area contributed by atoms with Crippen molar-refractivity contribution in [2.24, 2.45) is 5.92 Å². The minimum absolute atomic E-state index is 0. The maximum atomic E-state index is 13.6. The second kappa shape index (κ2) is 7.43. The number of rotatable bonds is 4. The standard InChI is InChI=1S/C13H18BrFN2.ClH/c1-16-7-10-4-5-17(8-10)9-11-6-12(14)2-3-13(11)15;/h2-3,6,10,16H,4-5,7-9H2,1H3;1H. The summed E-state index contributed by atoms with van der Waals surface area (Å²) >= 11 is 3.39. The van der Waals surface area contributed by atoms with Crippen molar-refractivity contribution >= 4 is 28.3 Å². The number of halogens is 3. The normalized spacial score (nSPS) is 19.8. The van der Waals surface area contributed by atoms with E-state index in [2.05, 4.69) is 26.1 Å². The molecule has 1 aliphatic rings. The van der Waals surface area contributed by atoms with E-state index in [0.717, 1.165) is 29.7 Å². The Kier molecular flexibility index (Phi) is 6.57. The highest BCUT2D eigenvalue weighted by Gasteiger charge is 2.22. The summed E-state index contributed by atoms with van der Waals surface area (Å²) in [7, 11) is 1.98. The molecule has 2 nitrogen and oxygen atoms in total. The molecule has 0 radical (unpaired) electrons. The first-order valence-electron chi connectivity index (χ1n) is 6.00. The van der Waals surface area contributed by atoms with Gasteiger partial charge in [0.1, 0.15) is 5.82 Å². The van der Waals surface area contributed by atoms with Gasteiger partial charge in [-0.2, -0.15) is 0 Å². The SMILES string of the molecule is CNCC1CCN(Cc2cc(Br)ccc2F)C1.Cl. The highest BCUT2D eigenvalue weighted by molar-refractivity contribution is 9.10. The Bertz CT molecular complexity index is 389. The van der Waals surface area contributed by atoms with Crippen molar-refractivity contribution in [2.75, 3.05) is 26.7 Å². The van der Waals surface area contributed by atoms with Gasteiger partial charge in [-0.05, 0) is 50.7 Å². The van der Waals surface area contributed by atoms with Crippen molar-refractivity contribution in [1.82, 2.24) is 10.2 Å². The van der Waals surface area contributed by atoms with Crippen LogP contribution in [0.4, 0.5) is 4.39 Å². The molecule has 1 aromatic carbocycles. The van der Waals surface area contributed by atoms with Crippen LogP contribution in [0.2, 0.25) is 0 Å². The quantitative estimate of drug-likeness (QED) is 0.908. The van der Waals surface area contributed by atoms with Crippen LogP contribution in [-0.4, -0.2) is 31.6 Å². The Morgan fingerprint density at radius 2 is 2.28 bits per heavy atom. The zero-order valence-corrected chi connectivity index (χ0v) is 12.9. The van der Waals surface area contributed by atoms with Gasteiger partial charge in [-0.15, -0.1) is 12.4 Å². The second-order valence-corrected chi connectivity index (χ2v) is 5.60. The first-order chi connectivity index (χ1) is 8.19. The molecule has 102 valence electrons. The summed E-state index contributed by atoms with van der Waals surface area (Å²) in [5, 5.41) is 3.21. The van der Waals surface area contributed by atoms with E-state index >= 15 is 0 Å². The van der Waals surface area contributed by atoms with Crippen LogP contribution < -0.4 is 5.32 Å². The van der Waals surface area contributed by atoms with Crippen LogP contribution in [0, 0.1) is 11.7 Å². The molecule has 0 bridgehead atoms. The van der Waals surface area contributed by atoms with E-state index in [-0.39, 0.29) is 18.2 Å². The van der Waals surface area contributed by atoms with Crippen LogP contribution in [0.15, 0.2) is 22.7 Å². The van der Waals surface area contributed by atoms with Crippen LogP contribution in [-0.2, 0) is 6.54 Å². The van der Waals surface area contributed by atoms with Gasteiger partial charge in [-0.25, -0.2) is 4.39 Å². The third kappa shape index (κ3) is 4.19. The van der Waals surface area contributed by atoms with Crippen molar-refractivity contribution in [3.05, 3.63) is 34.1 Å². The molecule has 1 saturated heterocycles. The minimum Gasteiger partial charge on any atom is -0.319 e. The highest BCUT2D eigenvalue weighted by Crippen LogP contribution is 2.21. The fourth-order valence-corrected chi connectivity index (χ4v) is 2.83. The van der Waals surface area contributed by atoms with Gasteiger partial charge >= 0.3 is 0 Å². The molecule has 1 aromatic rings. The van der Waals surface area contributed by atoms with Gasteiger partial charge in [0.25, 0.3) is 0 Å². The smallest absolute Gasteiger partial charge is 0.127 e. The largest absolute Gasteiger partial charge is 0.319 e. The average molecular weight is 338 g/mol. The molecule has 18 heavy (non-hydrogen) atoms. The lowest BCUT2D eigenvalue weighted by molar-refractivity contribution is 0.310. The van der Waals surface area contributed by atoms with Crippen molar-refractivity contribution in [1.29, 1.82) is 0 Å². The van der Waals surface area contributed by atoms with E-state index < -0.39 is 0 Å². The molecule has 0 spiro atoms. The molecule has 2 rings (SSSR count). The molecule has 0 amide bonds. The number of benzene rings is 1. The minimum atomic E-state index is -0.106. The van der Waals surface area contributed by atoms with Crippen molar-refractivity contribution in [2.45, 2.75) is 13.0 Å². The van der Waals surface area contributed by atoms with E-state index in [4.69, 9.17) is 0 Å². The lowest BCUT2D eigenvalue weighted by Gasteiger charge is -2.16. The number of hydrogen-bond acceptors (Lipinski definition) is 2. The van der Waals surface area contributed by atoms with Crippen LogP contribution in [0.5, 0.6) is 0 Å². The predicted octanol–water partition coefficient (Wildman–Crippen LogP) is 3.05. The van der Waals surface area contributed by atoms with Crippen LogP contribution in [0.25, 0.3) is 0 Å². The summed E-state index contributed by atoms with van der Waals surface area (Å²) in [6.45, 7) is 3.90. The van der Waals surface area contributed by atoms with Crippen molar-refractivity contribution in [3.63, 3.8) is 0 Å². The highest BCUT2D eigenvalue weighted by atomic mass is 79.9. The van der Waals surface area contributed by atoms with Gasteiger partial charge in [0.2, 0.25) is 0 Å². The van der Waals surface area contributed by atoms with E-state index in [9.17, 15) is 4.39 Å². The fraction of sp³-hybridized carbons (Fsp3) is 0.538. The maximum absolute atomic E-state index is 13.6. The topological polar surface area (TPSA) is 15.3 Å². The number of likely N-dealkylation sites (tertiary alicyclic amines) is 1. The monoisotopic (exact) mass is 336 g/mol. The first kappa shape index (κ1) is 15.9. The fourth-order valence-electron chi connectivity index (χ4n) is 2.42. The number of nitrogens with zero attached hydrogens (tertiary/aromatic N) is 1. The van der Waals surface area contributed by atoms with Gasteiger partial charge in [0.15, 0.2) is 0 Å². The average Bonchev–Trinajstić information content (AvgIpc) is 2.72. The van der Waals surface area contributed by atoms with E-state index in [1.54, 1.807) is 6.07 Å². The van der Waals surface area contributed by atoms with Crippen LogP contribution in [0.1, 0.15) is 12.0 Å². The molecular weight excluding hydrogens is 319 g/mol. The second-order valence-electron chi connectivity index (χ2n) is 4.68. The molecule has 5 heteroatoms. The summed E-state index contributed by atoms with van der Waals surface area (Å²) in [5.41, 5.74) is 0.782. The van der Waals surface area contributed by atoms with Gasteiger partial charge < -0.3 is 5.32 Å². The Morgan fingerprint density at radius 3 is 3.00 bits per heavy atom. The molecule has 1 aliphatic heterocycles. The Labute approximate surface area is 122 Å². The van der Waals surface area contributed by atoms with E-state index in [1.807, 2.05) is 13.1 Å². The summed E-state index contributed by atoms with van der Waals surface area (Å²) in [4.78, 5) is 2.33. The summed E-state index contributed by atoms with van der Waals surface area (Å²) in [6, 6.07) is 5.15. The van der Waals surface area contributed by atoms with Gasteiger partial charge in [0, 0.05) is 23.1 Å². The molecule has 1 fully saturated rings. The van der Waals surface area contributed by atoms with Crippen molar-refractivity contribution < 1.29 is 4.39 Å². The lowest BCUT2D eigenvalue weighted by Crippen LogP contribution is -2.24. The molecule has 0 saturated carbocycles. The molecule has 0 aromatic heterocycles. The number of hydrogen-bond donors (Lipinski definition) is 1. The molecule has 1 atom stereocenters. The zero-order chi connectivity index (χ0) is 12.3. The molecule has 0 aliphatic carbocycles. The Hall–Kier alpha value is -0.160. The Morgan fingerprint density at radius 1 is 1.50 bits per heavy atom. The molecular formula is C13H19BrClFN2. The lowest BCUT2D eigenvalue weighted by atomic mass is 10.1. The van der Waals surface area contributed by atoms with Crippen LogP contribution >= 0.6 is 28.3 Å². The number of nitrogens with one attached hydrogen (secondary N) is 1. The Balaban J connectivity index is 0.00000162. The molecule has 1 unspecified atom stereocenters. The zero-order valence-electron chi connectivity index (χ0n) is 10.5. The molecule has 1 N–H and O–H groups in total. The summed E-state index contributed by atoms with van der Waals surface area (Å²) < 4.78 is 14.6. The van der Waals surface area contributed by atoms with Crippen LogP contribution in [0.3, 0.4) is 0 Å². The predicted molar refractivity (Wildman–Crippen MR) is 78.7 cm³/mol. The third-order valence-electron chi connectivity index (χ3n) is 3.26. The molecule has 1 heterocycles. The van der Waals surface area contributed by atoms with Gasteiger partial charge in [-0.1, -0.05) is 15.9 Å². The first-order valence-corrected chi connectivity index (χ1v) is 6.79. The van der Waals surface area contributed by atoms with E-state index in [1.165, 1.54) is 12.5 Å². The van der Waals surface area contributed by atoms with Crippen molar-refractivity contribution in [3.8, 4) is 0 Å². The summed E-state index contributed by atoms with van der Waals surface area (Å²) in [6.07, 6.45) is 1.20. The van der Waals surface area contributed by atoms with E-state index in [0.29, 0.717) is 12.5 Å². The summed E-state index contributed by atoms with van der Waals surface area (Å²) in [5.74, 6) is 0.598. The van der Waals surface area contributed by atoms with Gasteiger partial charge in [0.05, 0.1) is 0 Å². The maximum Gasteiger partial charge on any atom is 0.127 e.